The maximum Gasteiger partial charge on any atom is 0.220 e. The first kappa shape index (κ1) is 16.4. The van der Waals surface area contributed by atoms with Crippen LogP contribution < -0.4 is 10.1 Å². The molecule has 4 heteroatoms. The van der Waals surface area contributed by atoms with Crippen molar-refractivity contribution in [3.8, 4) is 5.75 Å². The van der Waals surface area contributed by atoms with Crippen molar-refractivity contribution in [2.75, 3.05) is 13.7 Å². The van der Waals surface area contributed by atoms with Crippen molar-refractivity contribution >= 4 is 17.5 Å². The van der Waals surface area contributed by atoms with E-state index in [0.29, 0.717) is 24.4 Å². The number of benzene rings is 2. The number of para-hydroxylation sites is 1. The molecule has 116 valence electrons. The Kier molecular flexibility index (Phi) is 6.28. The summed E-state index contributed by atoms with van der Waals surface area (Å²) in [5.74, 6) is 0.891. The van der Waals surface area contributed by atoms with Gasteiger partial charge in [-0.1, -0.05) is 48.0 Å². The predicted molar refractivity (Wildman–Crippen MR) is 89.5 cm³/mol. The lowest BCUT2D eigenvalue weighted by atomic mass is 10.1. The van der Waals surface area contributed by atoms with Gasteiger partial charge in [-0.2, -0.15) is 0 Å². The van der Waals surface area contributed by atoms with Crippen LogP contribution in [0.2, 0.25) is 5.02 Å². The van der Waals surface area contributed by atoms with Crippen molar-refractivity contribution in [1.29, 1.82) is 0 Å². The maximum absolute atomic E-state index is 11.9. The highest BCUT2D eigenvalue weighted by Gasteiger charge is 2.06. The van der Waals surface area contributed by atoms with E-state index in [0.717, 1.165) is 23.3 Å². The fourth-order valence-corrected chi connectivity index (χ4v) is 2.51. The Hall–Kier alpha value is -2.00. The van der Waals surface area contributed by atoms with E-state index >= 15 is 0 Å². The molecule has 0 atom stereocenters. The normalized spacial score (nSPS) is 10.3. The van der Waals surface area contributed by atoms with Gasteiger partial charge in [-0.05, 0) is 36.1 Å². The van der Waals surface area contributed by atoms with Crippen LogP contribution in [-0.2, 0) is 17.6 Å². The Bertz CT molecular complexity index is 628. The quantitative estimate of drug-likeness (QED) is 0.846. The molecule has 0 spiro atoms. The van der Waals surface area contributed by atoms with Crippen LogP contribution in [0.4, 0.5) is 0 Å². The molecule has 22 heavy (non-hydrogen) atoms. The number of carbonyl (C=O) groups is 1. The number of hydrogen-bond donors (Lipinski definition) is 1. The number of carbonyl (C=O) groups excluding carboxylic acids is 1. The van der Waals surface area contributed by atoms with Crippen molar-refractivity contribution in [3.05, 3.63) is 64.7 Å². The number of ether oxygens (including phenoxy) is 1. The van der Waals surface area contributed by atoms with Crippen molar-refractivity contribution in [2.45, 2.75) is 19.3 Å². The zero-order valence-electron chi connectivity index (χ0n) is 12.6. The van der Waals surface area contributed by atoms with E-state index < -0.39 is 0 Å². The van der Waals surface area contributed by atoms with Crippen LogP contribution >= 0.6 is 11.6 Å². The number of hydrogen-bond acceptors (Lipinski definition) is 2. The molecule has 2 rings (SSSR count). The van der Waals surface area contributed by atoms with Gasteiger partial charge >= 0.3 is 0 Å². The Balaban J connectivity index is 1.75. The van der Waals surface area contributed by atoms with E-state index in [-0.39, 0.29) is 5.91 Å². The van der Waals surface area contributed by atoms with Crippen LogP contribution in [-0.4, -0.2) is 19.6 Å². The van der Waals surface area contributed by atoms with Gasteiger partial charge in [0.25, 0.3) is 0 Å². The van der Waals surface area contributed by atoms with Gasteiger partial charge in [0.1, 0.15) is 5.75 Å². The molecule has 2 aromatic carbocycles. The summed E-state index contributed by atoms with van der Waals surface area (Å²) in [6.45, 7) is 0.599. The minimum atomic E-state index is 0.0369. The Labute approximate surface area is 136 Å². The van der Waals surface area contributed by atoms with Gasteiger partial charge in [0, 0.05) is 18.0 Å². The largest absolute Gasteiger partial charge is 0.496 e. The van der Waals surface area contributed by atoms with Gasteiger partial charge in [-0.3, -0.25) is 4.79 Å². The maximum atomic E-state index is 11.9. The van der Waals surface area contributed by atoms with E-state index in [9.17, 15) is 4.79 Å². The summed E-state index contributed by atoms with van der Waals surface area (Å²) in [5.41, 5.74) is 2.10. The van der Waals surface area contributed by atoms with Gasteiger partial charge in [-0.15, -0.1) is 0 Å². The molecular weight excluding hydrogens is 298 g/mol. The van der Waals surface area contributed by atoms with Crippen LogP contribution in [0.3, 0.4) is 0 Å². The Morgan fingerprint density at radius 2 is 1.73 bits per heavy atom. The van der Waals surface area contributed by atoms with Crippen LogP contribution in [0, 0.1) is 0 Å². The number of rotatable bonds is 7. The first-order valence-electron chi connectivity index (χ1n) is 7.32. The first-order valence-corrected chi connectivity index (χ1v) is 7.70. The molecule has 0 saturated heterocycles. The zero-order chi connectivity index (χ0) is 15.8. The minimum Gasteiger partial charge on any atom is -0.496 e. The highest BCUT2D eigenvalue weighted by molar-refractivity contribution is 6.31. The average Bonchev–Trinajstić information content (AvgIpc) is 2.54. The molecule has 0 aromatic heterocycles. The highest BCUT2D eigenvalue weighted by atomic mass is 35.5. The van der Waals surface area contributed by atoms with Gasteiger partial charge < -0.3 is 10.1 Å². The summed E-state index contributed by atoms with van der Waals surface area (Å²) in [5, 5.41) is 3.65. The standard InChI is InChI=1S/C18H20ClNO2/c1-22-17-9-5-3-7-15(17)12-13-20-18(21)11-10-14-6-2-4-8-16(14)19/h2-9H,10-13H2,1H3,(H,20,21). The zero-order valence-corrected chi connectivity index (χ0v) is 13.4. The molecular formula is C18H20ClNO2. The smallest absolute Gasteiger partial charge is 0.220 e. The Morgan fingerprint density at radius 1 is 1.05 bits per heavy atom. The third-order valence-electron chi connectivity index (χ3n) is 3.49. The van der Waals surface area contributed by atoms with Crippen LogP contribution in [0.15, 0.2) is 48.5 Å². The van der Waals surface area contributed by atoms with Crippen LogP contribution in [0.1, 0.15) is 17.5 Å². The summed E-state index contributed by atoms with van der Waals surface area (Å²) in [6.07, 6.45) is 1.84. The first-order chi connectivity index (χ1) is 10.7. The van der Waals surface area contributed by atoms with Crippen molar-refractivity contribution in [1.82, 2.24) is 5.32 Å². The Morgan fingerprint density at radius 3 is 2.45 bits per heavy atom. The molecule has 0 bridgehead atoms. The molecule has 0 saturated carbocycles. The third-order valence-corrected chi connectivity index (χ3v) is 3.86. The molecule has 0 aliphatic heterocycles. The second-order valence-corrected chi connectivity index (χ2v) is 5.41. The molecule has 0 fully saturated rings. The fraction of sp³-hybridized carbons (Fsp3) is 0.278. The lowest BCUT2D eigenvalue weighted by molar-refractivity contribution is -0.121. The highest BCUT2D eigenvalue weighted by Crippen LogP contribution is 2.18. The van der Waals surface area contributed by atoms with Gasteiger partial charge in [0.15, 0.2) is 0 Å². The second kappa shape index (κ2) is 8.44. The number of methoxy groups -OCH3 is 1. The number of halogens is 1. The second-order valence-electron chi connectivity index (χ2n) is 5.00. The molecule has 0 aliphatic carbocycles. The topological polar surface area (TPSA) is 38.3 Å². The summed E-state index contributed by atoms with van der Waals surface area (Å²) in [4.78, 5) is 11.9. The van der Waals surface area contributed by atoms with Gasteiger partial charge in [-0.25, -0.2) is 0 Å². The van der Waals surface area contributed by atoms with Crippen molar-refractivity contribution < 1.29 is 9.53 Å². The van der Waals surface area contributed by atoms with E-state index in [1.54, 1.807) is 7.11 Å². The number of amides is 1. The van der Waals surface area contributed by atoms with Gasteiger partial charge in [0.2, 0.25) is 5.91 Å². The van der Waals surface area contributed by atoms with Crippen molar-refractivity contribution in [2.24, 2.45) is 0 Å². The van der Waals surface area contributed by atoms with E-state index in [1.807, 2.05) is 48.5 Å². The molecule has 1 amide bonds. The molecule has 0 heterocycles. The molecule has 0 aliphatic rings. The summed E-state index contributed by atoms with van der Waals surface area (Å²) < 4.78 is 5.29. The summed E-state index contributed by atoms with van der Waals surface area (Å²) >= 11 is 6.08. The van der Waals surface area contributed by atoms with Gasteiger partial charge in [0.05, 0.1) is 7.11 Å². The van der Waals surface area contributed by atoms with E-state index in [2.05, 4.69) is 5.32 Å². The summed E-state index contributed by atoms with van der Waals surface area (Å²) in [7, 11) is 1.65. The molecule has 1 N–H and O–H groups in total. The average molecular weight is 318 g/mol. The van der Waals surface area contributed by atoms with Crippen LogP contribution in [0.25, 0.3) is 0 Å². The molecule has 0 radical (unpaired) electrons. The molecule has 3 nitrogen and oxygen atoms in total. The lowest BCUT2D eigenvalue weighted by Gasteiger charge is -2.09. The molecule has 0 unspecified atom stereocenters. The predicted octanol–water partition coefficient (Wildman–Crippen LogP) is 3.64. The monoisotopic (exact) mass is 317 g/mol. The SMILES string of the molecule is COc1ccccc1CCNC(=O)CCc1ccccc1Cl. The fourth-order valence-electron chi connectivity index (χ4n) is 2.28. The van der Waals surface area contributed by atoms with E-state index in [1.165, 1.54) is 0 Å². The lowest BCUT2D eigenvalue weighted by Crippen LogP contribution is -2.26. The molecule has 2 aromatic rings. The minimum absolute atomic E-state index is 0.0369. The summed E-state index contributed by atoms with van der Waals surface area (Å²) in [6, 6.07) is 15.5. The van der Waals surface area contributed by atoms with Crippen LogP contribution in [0.5, 0.6) is 5.75 Å². The number of aryl methyl sites for hydroxylation is 1. The number of nitrogens with one attached hydrogen (secondary N) is 1. The third kappa shape index (κ3) is 4.78. The van der Waals surface area contributed by atoms with Crippen molar-refractivity contribution in [3.63, 3.8) is 0 Å². The van der Waals surface area contributed by atoms with E-state index in [4.69, 9.17) is 16.3 Å².